The van der Waals surface area contributed by atoms with Crippen LogP contribution in [0.5, 0.6) is 0 Å². The molecule has 7 nitrogen and oxygen atoms in total. The first-order valence-corrected chi connectivity index (χ1v) is 10.1. The highest BCUT2D eigenvalue weighted by atomic mass is 16.4. The van der Waals surface area contributed by atoms with Gasteiger partial charge in [0.05, 0.1) is 5.56 Å². The Morgan fingerprint density at radius 3 is 2.75 bits per heavy atom. The third-order valence-corrected chi connectivity index (χ3v) is 6.45. The van der Waals surface area contributed by atoms with Gasteiger partial charge in [0.2, 0.25) is 0 Å². The number of amides is 2. The molecule has 1 fully saturated rings. The molecule has 2 aromatic rings. The minimum absolute atomic E-state index is 0.00302. The molecule has 1 saturated heterocycles. The van der Waals surface area contributed by atoms with Crippen molar-refractivity contribution in [2.24, 2.45) is 0 Å². The quantitative estimate of drug-likeness (QED) is 0.756. The highest BCUT2D eigenvalue weighted by molar-refractivity contribution is 5.99. The van der Waals surface area contributed by atoms with Gasteiger partial charge in [-0.1, -0.05) is 0 Å². The zero-order valence-corrected chi connectivity index (χ0v) is 16.7. The number of likely N-dealkylation sites (tertiary alicyclic amines) is 1. The predicted octanol–water partition coefficient (Wildman–Crippen LogP) is 2.63. The van der Waals surface area contributed by atoms with Crippen molar-refractivity contribution in [3.63, 3.8) is 0 Å². The van der Waals surface area contributed by atoms with Crippen molar-refractivity contribution >= 4 is 22.9 Å². The Morgan fingerprint density at radius 1 is 1.32 bits per heavy atom. The Balaban J connectivity index is 1.70. The standard InChI is InChI=1S/C21H28N4O3/c1-4-25(5-2)21(28)23-13-9-15-17(24(3)11-13)8-12-10-22-16-7-6-14(20(26)27)19(15)18(12)16/h6-7,10,13,15,17,22H,4-5,8-9,11H2,1-3H3,(H,23,28)(H,26,27)/t13-,15-,17+/m0/s1. The molecule has 1 aliphatic carbocycles. The van der Waals surface area contributed by atoms with Gasteiger partial charge in [0.15, 0.2) is 0 Å². The Kier molecular flexibility index (Phi) is 4.79. The molecule has 0 saturated carbocycles. The van der Waals surface area contributed by atoms with Crippen molar-refractivity contribution in [1.29, 1.82) is 0 Å². The number of piperidine rings is 1. The van der Waals surface area contributed by atoms with Crippen LogP contribution < -0.4 is 5.32 Å². The average molecular weight is 384 g/mol. The Labute approximate surface area is 164 Å². The van der Waals surface area contributed by atoms with Gasteiger partial charge in [-0.25, -0.2) is 9.59 Å². The molecule has 1 aliphatic heterocycles. The van der Waals surface area contributed by atoms with Gasteiger partial charge in [-0.15, -0.1) is 0 Å². The third-order valence-electron chi connectivity index (χ3n) is 6.45. The van der Waals surface area contributed by atoms with Gasteiger partial charge in [-0.2, -0.15) is 0 Å². The van der Waals surface area contributed by atoms with Crippen molar-refractivity contribution in [2.45, 2.75) is 44.7 Å². The average Bonchev–Trinajstić information content (AvgIpc) is 3.07. The van der Waals surface area contributed by atoms with Gasteiger partial charge in [0, 0.05) is 54.7 Å². The number of carboxylic acids is 1. The molecule has 1 aromatic heterocycles. The van der Waals surface area contributed by atoms with Crippen LogP contribution in [-0.4, -0.2) is 70.7 Å². The summed E-state index contributed by atoms with van der Waals surface area (Å²) in [5.74, 6) is -0.805. The van der Waals surface area contributed by atoms with E-state index in [0.717, 1.165) is 35.9 Å². The van der Waals surface area contributed by atoms with E-state index in [1.165, 1.54) is 5.56 Å². The number of carbonyl (C=O) groups excluding carboxylic acids is 1. The van der Waals surface area contributed by atoms with Gasteiger partial charge < -0.3 is 25.2 Å². The lowest BCUT2D eigenvalue weighted by molar-refractivity contribution is 0.0690. The number of nitrogens with one attached hydrogen (secondary N) is 2. The molecule has 2 heterocycles. The van der Waals surface area contributed by atoms with Crippen LogP contribution in [-0.2, 0) is 6.42 Å². The Bertz CT molecular complexity index is 918. The normalized spacial score (nSPS) is 24.0. The van der Waals surface area contributed by atoms with Crippen molar-refractivity contribution in [2.75, 3.05) is 26.7 Å². The summed E-state index contributed by atoms with van der Waals surface area (Å²) in [5.41, 5.74) is 3.48. The molecular weight excluding hydrogens is 356 g/mol. The van der Waals surface area contributed by atoms with E-state index >= 15 is 0 Å². The van der Waals surface area contributed by atoms with Crippen LogP contribution in [0.15, 0.2) is 18.3 Å². The van der Waals surface area contributed by atoms with Gasteiger partial charge in [0.1, 0.15) is 0 Å². The number of hydrogen-bond acceptors (Lipinski definition) is 3. The van der Waals surface area contributed by atoms with E-state index in [-0.39, 0.29) is 24.0 Å². The molecule has 0 bridgehead atoms. The monoisotopic (exact) mass is 384 g/mol. The molecule has 1 aromatic carbocycles. The zero-order chi connectivity index (χ0) is 20.0. The maximum Gasteiger partial charge on any atom is 0.335 e. The zero-order valence-electron chi connectivity index (χ0n) is 16.7. The number of aromatic nitrogens is 1. The molecule has 2 amide bonds. The summed E-state index contributed by atoms with van der Waals surface area (Å²) in [5, 5.41) is 14.0. The van der Waals surface area contributed by atoms with Gasteiger partial charge >= 0.3 is 12.0 Å². The van der Waals surface area contributed by atoms with Crippen molar-refractivity contribution in [3.05, 3.63) is 35.0 Å². The number of fused-ring (bicyclic) bond motifs is 2. The van der Waals surface area contributed by atoms with E-state index in [0.29, 0.717) is 18.7 Å². The number of H-pyrrole nitrogens is 1. The van der Waals surface area contributed by atoms with Gasteiger partial charge in [-0.05, 0) is 57.0 Å². The van der Waals surface area contributed by atoms with Crippen molar-refractivity contribution < 1.29 is 14.7 Å². The van der Waals surface area contributed by atoms with Crippen LogP contribution in [0.25, 0.3) is 10.9 Å². The van der Waals surface area contributed by atoms with E-state index in [1.54, 1.807) is 11.0 Å². The second kappa shape index (κ2) is 7.13. The lowest BCUT2D eigenvalue weighted by atomic mass is 9.72. The third kappa shape index (κ3) is 2.94. The summed E-state index contributed by atoms with van der Waals surface area (Å²) in [6.07, 6.45) is 3.66. The van der Waals surface area contributed by atoms with E-state index in [9.17, 15) is 14.7 Å². The molecular formula is C21H28N4O3. The SMILES string of the molecule is CCN(CC)C(=O)N[C@H]1C[C@@H]2c3c(C(=O)O)ccc4[nH]cc(c34)C[C@H]2N(C)C1. The van der Waals surface area contributed by atoms with Gasteiger partial charge in [-0.3, -0.25) is 0 Å². The first kappa shape index (κ1) is 18.8. The predicted molar refractivity (Wildman–Crippen MR) is 108 cm³/mol. The lowest BCUT2D eigenvalue weighted by Gasteiger charge is -2.46. The van der Waals surface area contributed by atoms with Crippen LogP contribution in [0, 0.1) is 0 Å². The molecule has 3 atom stereocenters. The number of hydrogen-bond donors (Lipinski definition) is 3. The second-order valence-electron chi connectivity index (χ2n) is 7.94. The number of carboxylic acid groups (broad SMARTS) is 1. The Hall–Kier alpha value is -2.54. The smallest absolute Gasteiger partial charge is 0.335 e. The molecule has 0 spiro atoms. The summed E-state index contributed by atoms with van der Waals surface area (Å²) in [4.78, 5) is 31.9. The largest absolute Gasteiger partial charge is 0.478 e. The number of rotatable bonds is 4. The summed E-state index contributed by atoms with van der Waals surface area (Å²) in [6, 6.07) is 3.76. The van der Waals surface area contributed by atoms with Crippen LogP contribution in [0.3, 0.4) is 0 Å². The maximum absolute atomic E-state index is 12.6. The van der Waals surface area contributed by atoms with E-state index in [2.05, 4.69) is 22.2 Å². The highest BCUT2D eigenvalue weighted by Gasteiger charge is 2.41. The summed E-state index contributed by atoms with van der Waals surface area (Å²) >= 11 is 0. The van der Waals surface area contributed by atoms with E-state index in [1.807, 2.05) is 26.1 Å². The number of carbonyl (C=O) groups is 2. The first-order valence-electron chi connectivity index (χ1n) is 10.1. The van der Waals surface area contributed by atoms with Crippen LogP contribution >= 0.6 is 0 Å². The molecule has 2 aliphatic rings. The van der Waals surface area contributed by atoms with Crippen LogP contribution in [0.2, 0.25) is 0 Å². The fourth-order valence-electron chi connectivity index (χ4n) is 5.10. The lowest BCUT2D eigenvalue weighted by Crippen LogP contribution is -2.56. The van der Waals surface area contributed by atoms with E-state index in [4.69, 9.17) is 0 Å². The number of nitrogens with zero attached hydrogens (tertiary/aromatic N) is 2. The number of aromatic amines is 1. The minimum Gasteiger partial charge on any atom is -0.478 e. The fraction of sp³-hybridized carbons (Fsp3) is 0.524. The van der Waals surface area contributed by atoms with E-state index < -0.39 is 5.97 Å². The topological polar surface area (TPSA) is 88.7 Å². The molecule has 28 heavy (non-hydrogen) atoms. The molecule has 150 valence electrons. The van der Waals surface area contributed by atoms with Crippen LogP contribution in [0.1, 0.15) is 47.7 Å². The van der Waals surface area contributed by atoms with Crippen LogP contribution in [0.4, 0.5) is 4.79 Å². The number of benzene rings is 1. The summed E-state index contributed by atoms with van der Waals surface area (Å²) in [7, 11) is 2.08. The van der Waals surface area contributed by atoms with Crippen molar-refractivity contribution in [1.82, 2.24) is 20.1 Å². The minimum atomic E-state index is -0.887. The Morgan fingerprint density at radius 2 is 2.07 bits per heavy atom. The van der Waals surface area contributed by atoms with Gasteiger partial charge in [0.25, 0.3) is 0 Å². The summed E-state index contributed by atoms with van der Waals surface area (Å²) < 4.78 is 0. The molecule has 3 N–H and O–H groups in total. The molecule has 0 unspecified atom stereocenters. The first-order chi connectivity index (χ1) is 13.4. The molecule has 4 rings (SSSR count). The summed E-state index contributed by atoms with van der Waals surface area (Å²) in [6.45, 7) is 6.06. The van der Waals surface area contributed by atoms with Crippen molar-refractivity contribution in [3.8, 4) is 0 Å². The number of urea groups is 1. The molecule has 7 heteroatoms. The number of aromatic carboxylic acids is 1. The maximum atomic E-state index is 12.6. The second-order valence-corrected chi connectivity index (χ2v) is 7.94. The fourth-order valence-corrected chi connectivity index (χ4v) is 5.10. The molecule has 0 radical (unpaired) electrons. The highest BCUT2D eigenvalue weighted by Crippen LogP contribution is 2.44. The number of likely N-dealkylation sites (N-methyl/N-ethyl adjacent to an activating group) is 1.